The summed E-state index contributed by atoms with van der Waals surface area (Å²) in [5.74, 6) is 0.662. The van der Waals surface area contributed by atoms with Crippen molar-refractivity contribution in [2.24, 2.45) is 22.2 Å². The summed E-state index contributed by atoms with van der Waals surface area (Å²) in [6.07, 6.45) is 17.8. The molecule has 0 unspecified atom stereocenters. The van der Waals surface area contributed by atoms with E-state index in [4.69, 9.17) is 10.2 Å². The van der Waals surface area contributed by atoms with Gasteiger partial charge >= 0.3 is 0 Å². The highest BCUT2D eigenvalue weighted by molar-refractivity contribution is 5.66. The number of carbonyl (C=O) groups is 1. The van der Waals surface area contributed by atoms with E-state index in [1.54, 1.807) is 6.08 Å². The van der Waals surface area contributed by atoms with Crippen LogP contribution in [0.5, 0.6) is 0 Å². The van der Waals surface area contributed by atoms with Gasteiger partial charge in [0.1, 0.15) is 6.29 Å². The molecule has 2 atom stereocenters. The van der Waals surface area contributed by atoms with E-state index < -0.39 is 0 Å². The van der Waals surface area contributed by atoms with E-state index in [1.165, 1.54) is 68.1 Å². The number of rotatable bonds is 5. The predicted octanol–water partition coefficient (Wildman–Crippen LogP) is 7.58. The zero-order valence-electron chi connectivity index (χ0n) is 22.5. The molecule has 3 aliphatic rings. The second kappa shape index (κ2) is 13.6. The Morgan fingerprint density at radius 3 is 1.91 bits per heavy atom. The summed E-state index contributed by atoms with van der Waals surface area (Å²) in [7, 11) is 0. The van der Waals surface area contributed by atoms with Gasteiger partial charge < -0.3 is 10.2 Å². The van der Waals surface area contributed by atoms with E-state index >= 15 is 0 Å². The average molecular weight is 461 g/mol. The monoisotopic (exact) mass is 460 g/mol. The summed E-state index contributed by atoms with van der Waals surface area (Å²) in [6, 6.07) is 0. The highest BCUT2D eigenvalue weighted by Crippen LogP contribution is 2.51. The normalized spacial score (nSPS) is 30.2. The zero-order chi connectivity index (χ0) is 25.1. The highest BCUT2D eigenvalue weighted by Gasteiger charge is 2.41. The van der Waals surface area contributed by atoms with Gasteiger partial charge in [-0.15, -0.1) is 0 Å². The molecule has 33 heavy (non-hydrogen) atoms. The Morgan fingerprint density at radius 1 is 0.970 bits per heavy atom. The summed E-state index contributed by atoms with van der Waals surface area (Å²) in [4.78, 5) is 10.2. The van der Waals surface area contributed by atoms with E-state index in [9.17, 15) is 4.79 Å². The minimum atomic E-state index is 0.214. The fraction of sp³-hybridized carbons (Fsp3) is 0.767. The lowest BCUT2D eigenvalue weighted by molar-refractivity contribution is -0.104. The summed E-state index contributed by atoms with van der Waals surface area (Å²) in [5, 5.41) is 17.5. The van der Waals surface area contributed by atoms with Crippen molar-refractivity contribution in [2.75, 3.05) is 13.2 Å². The first-order chi connectivity index (χ1) is 15.4. The van der Waals surface area contributed by atoms with Crippen LogP contribution >= 0.6 is 0 Å². The maximum atomic E-state index is 10.2. The molecule has 0 radical (unpaired) electrons. The molecule has 3 heteroatoms. The second-order valence-electron chi connectivity index (χ2n) is 12.5. The molecule has 0 aromatic carbocycles. The van der Waals surface area contributed by atoms with E-state index in [0.29, 0.717) is 28.8 Å². The van der Waals surface area contributed by atoms with Gasteiger partial charge in [-0.2, -0.15) is 0 Å². The van der Waals surface area contributed by atoms with Gasteiger partial charge in [0.2, 0.25) is 0 Å². The van der Waals surface area contributed by atoms with Gasteiger partial charge in [-0.3, -0.25) is 4.79 Å². The number of allylic oxidation sites excluding steroid dienone is 4. The fourth-order valence-corrected chi connectivity index (χ4v) is 5.89. The van der Waals surface area contributed by atoms with Gasteiger partial charge in [0.05, 0.1) is 6.61 Å². The van der Waals surface area contributed by atoms with Gasteiger partial charge in [0.25, 0.3) is 0 Å². The van der Waals surface area contributed by atoms with Crippen molar-refractivity contribution < 1.29 is 15.0 Å². The zero-order valence-corrected chi connectivity index (χ0v) is 22.5. The van der Waals surface area contributed by atoms with Crippen LogP contribution in [0.4, 0.5) is 0 Å². The van der Waals surface area contributed by atoms with Crippen molar-refractivity contribution >= 4 is 6.29 Å². The standard InChI is InChI=1S/2C10H18O.C10H16O/c1-8(2)9-4-5-10(9,3)6-7-11;2*1-10(2)6-3-4-9(8-10)5-7-11/h9,11H,1,4-7H2,2-3H3;5,11H,3-4,6-8H2,1-2H3;5,7H,3-4,6,8H2,1-2H3/b;2*9-5+/t9-,10+;;/m1../s1. The average Bonchev–Trinajstić information content (AvgIpc) is 2.67. The smallest absolute Gasteiger partial charge is 0.142 e. The van der Waals surface area contributed by atoms with Crippen molar-refractivity contribution in [3.05, 3.63) is 35.5 Å². The van der Waals surface area contributed by atoms with Crippen LogP contribution in [0.3, 0.4) is 0 Å². The minimum absolute atomic E-state index is 0.214. The Morgan fingerprint density at radius 2 is 1.52 bits per heavy atom. The van der Waals surface area contributed by atoms with E-state index in [-0.39, 0.29) is 6.61 Å². The molecule has 0 aromatic rings. The molecule has 0 aliphatic heterocycles. The lowest BCUT2D eigenvalue weighted by atomic mass is 9.57. The molecular weight excluding hydrogens is 408 g/mol. The molecule has 0 spiro atoms. The van der Waals surface area contributed by atoms with Crippen LogP contribution in [0, 0.1) is 22.2 Å². The third kappa shape index (κ3) is 10.7. The number of aliphatic hydroxyl groups is 2. The predicted molar refractivity (Wildman–Crippen MR) is 141 cm³/mol. The van der Waals surface area contributed by atoms with Crippen molar-refractivity contribution in [2.45, 2.75) is 112 Å². The Hall–Kier alpha value is -1.19. The van der Waals surface area contributed by atoms with Crippen LogP contribution in [0.15, 0.2) is 35.5 Å². The number of hydrogen-bond acceptors (Lipinski definition) is 3. The van der Waals surface area contributed by atoms with Crippen LogP contribution in [0.1, 0.15) is 112 Å². The van der Waals surface area contributed by atoms with Crippen molar-refractivity contribution in [1.29, 1.82) is 0 Å². The SMILES string of the molecule is C=C(C)[C@H]1CC[C@@]1(C)CCO.CC1(C)CCC/C(=C\C=O)C1.CC1(C)CCC/C(=C\CO)C1. The third-order valence-electron chi connectivity index (χ3n) is 7.92. The quantitative estimate of drug-likeness (QED) is 0.252. The number of carbonyl (C=O) groups excluding carboxylic acids is 1. The van der Waals surface area contributed by atoms with E-state index in [0.717, 1.165) is 25.5 Å². The Labute approximate surface area is 204 Å². The minimum Gasteiger partial charge on any atom is -0.396 e. The van der Waals surface area contributed by atoms with Crippen molar-refractivity contribution in [3.63, 3.8) is 0 Å². The summed E-state index contributed by atoms with van der Waals surface area (Å²) >= 11 is 0. The molecular formula is C30H52O3. The number of hydrogen-bond donors (Lipinski definition) is 2. The first-order valence-corrected chi connectivity index (χ1v) is 13.1. The van der Waals surface area contributed by atoms with Crippen LogP contribution in [0.25, 0.3) is 0 Å². The maximum Gasteiger partial charge on any atom is 0.142 e. The molecule has 3 nitrogen and oxygen atoms in total. The van der Waals surface area contributed by atoms with Crippen LogP contribution < -0.4 is 0 Å². The van der Waals surface area contributed by atoms with Crippen molar-refractivity contribution in [3.8, 4) is 0 Å². The summed E-state index contributed by atoms with van der Waals surface area (Å²) in [5.41, 5.74) is 5.32. The molecule has 3 aliphatic carbocycles. The second-order valence-corrected chi connectivity index (χ2v) is 12.5. The van der Waals surface area contributed by atoms with E-state index in [2.05, 4.69) is 48.1 Å². The van der Waals surface area contributed by atoms with Gasteiger partial charge in [-0.1, -0.05) is 64.0 Å². The molecule has 2 N–H and O–H groups in total. The third-order valence-corrected chi connectivity index (χ3v) is 7.92. The van der Waals surface area contributed by atoms with Gasteiger partial charge in [0, 0.05) is 6.61 Å². The largest absolute Gasteiger partial charge is 0.396 e. The molecule has 3 fully saturated rings. The molecule has 0 amide bonds. The number of aldehydes is 1. The molecule has 0 bridgehead atoms. The first kappa shape index (κ1) is 29.8. The first-order valence-electron chi connectivity index (χ1n) is 13.1. The molecule has 0 aromatic heterocycles. The topological polar surface area (TPSA) is 57.5 Å². The fourth-order valence-electron chi connectivity index (χ4n) is 5.89. The number of aliphatic hydroxyl groups excluding tert-OH is 2. The Balaban J connectivity index is 0.000000247. The molecule has 0 saturated heterocycles. The van der Waals surface area contributed by atoms with Gasteiger partial charge in [-0.05, 0) is 106 Å². The summed E-state index contributed by atoms with van der Waals surface area (Å²) < 4.78 is 0. The van der Waals surface area contributed by atoms with Crippen LogP contribution in [-0.4, -0.2) is 29.7 Å². The van der Waals surface area contributed by atoms with Crippen LogP contribution in [-0.2, 0) is 4.79 Å². The summed E-state index contributed by atoms with van der Waals surface area (Å²) in [6.45, 7) is 18.0. The Kier molecular flexibility index (Phi) is 12.3. The van der Waals surface area contributed by atoms with Crippen LogP contribution in [0.2, 0.25) is 0 Å². The van der Waals surface area contributed by atoms with Gasteiger partial charge in [-0.25, -0.2) is 0 Å². The lowest BCUT2D eigenvalue weighted by Gasteiger charge is -2.47. The van der Waals surface area contributed by atoms with Gasteiger partial charge in [0.15, 0.2) is 0 Å². The Bertz CT molecular complexity index is 683. The van der Waals surface area contributed by atoms with Crippen molar-refractivity contribution in [1.82, 2.24) is 0 Å². The highest BCUT2D eigenvalue weighted by atomic mass is 16.3. The maximum absolute atomic E-state index is 10.2. The molecule has 0 heterocycles. The molecule has 190 valence electrons. The van der Waals surface area contributed by atoms with E-state index in [1.807, 2.05) is 6.08 Å². The molecule has 3 rings (SSSR count). The molecule has 3 saturated carbocycles. The lowest BCUT2D eigenvalue weighted by Crippen LogP contribution is -2.38.